The minimum absolute atomic E-state index is 0.0274. The lowest BCUT2D eigenvalue weighted by Gasteiger charge is -2.33. The number of amides is 3. The van der Waals surface area contributed by atoms with Crippen molar-refractivity contribution in [1.29, 1.82) is 0 Å². The number of carbonyl (C=O) groups excluding carboxylic acids is 3. The number of Topliss-reactive ketones (excluding diaryl/α,β-unsaturated/α-hetero) is 1. The summed E-state index contributed by atoms with van der Waals surface area (Å²) in [5, 5.41) is 2.35. The maximum atomic E-state index is 12.9. The van der Waals surface area contributed by atoms with Gasteiger partial charge in [-0.3, -0.25) is 9.59 Å². The molecule has 1 saturated heterocycles. The average molecular weight is 321 g/mol. The summed E-state index contributed by atoms with van der Waals surface area (Å²) in [6.07, 6.45) is 1.09. The SMILES string of the molecule is C[C@H](NC(N)=O)C(=O)N1CCC(C(=O)c2ccc(F)cc2)CC1. The van der Waals surface area contributed by atoms with Crippen LogP contribution in [0.5, 0.6) is 0 Å². The highest BCUT2D eigenvalue weighted by Crippen LogP contribution is 2.22. The third-order valence-corrected chi connectivity index (χ3v) is 4.04. The van der Waals surface area contributed by atoms with Gasteiger partial charge in [0.05, 0.1) is 0 Å². The monoisotopic (exact) mass is 321 g/mol. The summed E-state index contributed by atoms with van der Waals surface area (Å²) in [7, 11) is 0. The Kier molecular flexibility index (Phi) is 5.31. The summed E-state index contributed by atoms with van der Waals surface area (Å²) >= 11 is 0. The fraction of sp³-hybridized carbons (Fsp3) is 0.438. The minimum Gasteiger partial charge on any atom is -0.352 e. The van der Waals surface area contributed by atoms with Crippen LogP contribution in [-0.4, -0.2) is 41.8 Å². The number of hydrogen-bond acceptors (Lipinski definition) is 3. The number of hydrogen-bond donors (Lipinski definition) is 2. The normalized spacial score (nSPS) is 16.7. The fourth-order valence-corrected chi connectivity index (χ4v) is 2.76. The van der Waals surface area contributed by atoms with Crippen molar-refractivity contribution in [2.24, 2.45) is 11.7 Å². The number of benzene rings is 1. The van der Waals surface area contributed by atoms with Crippen molar-refractivity contribution in [3.05, 3.63) is 35.6 Å². The molecule has 0 bridgehead atoms. The average Bonchev–Trinajstić information content (AvgIpc) is 2.53. The minimum atomic E-state index is -0.743. The highest BCUT2D eigenvalue weighted by Gasteiger charge is 2.30. The third-order valence-electron chi connectivity index (χ3n) is 4.04. The second-order valence-electron chi connectivity index (χ2n) is 5.70. The summed E-state index contributed by atoms with van der Waals surface area (Å²) in [4.78, 5) is 36.9. The first-order valence-corrected chi connectivity index (χ1v) is 7.53. The summed E-state index contributed by atoms with van der Waals surface area (Å²) in [5.41, 5.74) is 5.49. The molecule has 1 aliphatic rings. The molecule has 1 aromatic rings. The lowest BCUT2D eigenvalue weighted by atomic mass is 9.88. The zero-order chi connectivity index (χ0) is 17.0. The summed E-state index contributed by atoms with van der Waals surface area (Å²) < 4.78 is 12.9. The molecule has 0 radical (unpaired) electrons. The highest BCUT2D eigenvalue weighted by atomic mass is 19.1. The van der Waals surface area contributed by atoms with E-state index in [9.17, 15) is 18.8 Å². The van der Waals surface area contributed by atoms with E-state index in [1.165, 1.54) is 24.3 Å². The van der Waals surface area contributed by atoms with Crippen molar-refractivity contribution < 1.29 is 18.8 Å². The van der Waals surface area contributed by atoms with Gasteiger partial charge in [-0.25, -0.2) is 9.18 Å². The van der Waals surface area contributed by atoms with E-state index < -0.39 is 12.1 Å². The molecule has 1 heterocycles. The second-order valence-corrected chi connectivity index (χ2v) is 5.70. The number of primary amides is 1. The Morgan fingerprint density at radius 1 is 1.22 bits per heavy atom. The van der Waals surface area contributed by atoms with E-state index >= 15 is 0 Å². The molecule has 0 aromatic heterocycles. The number of urea groups is 1. The van der Waals surface area contributed by atoms with Gasteiger partial charge in [0, 0.05) is 24.6 Å². The van der Waals surface area contributed by atoms with Gasteiger partial charge in [0.15, 0.2) is 5.78 Å². The maximum Gasteiger partial charge on any atom is 0.312 e. The van der Waals surface area contributed by atoms with Gasteiger partial charge in [-0.2, -0.15) is 0 Å². The Hall–Kier alpha value is -2.44. The van der Waals surface area contributed by atoms with Gasteiger partial charge in [-0.15, -0.1) is 0 Å². The second kappa shape index (κ2) is 7.21. The number of halogens is 1. The fourth-order valence-electron chi connectivity index (χ4n) is 2.76. The smallest absolute Gasteiger partial charge is 0.312 e. The molecule has 6 nitrogen and oxygen atoms in total. The van der Waals surface area contributed by atoms with Crippen molar-refractivity contribution in [2.75, 3.05) is 13.1 Å². The first kappa shape index (κ1) is 16.9. The molecule has 0 aliphatic carbocycles. The number of likely N-dealkylation sites (tertiary alicyclic amines) is 1. The van der Waals surface area contributed by atoms with E-state index in [0.717, 1.165) is 0 Å². The predicted octanol–water partition coefficient (Wildman–Crippen LogP) is 1.30. The molecule has 0 spiro atoms. The molecule has 7 heteroatoms. The summed E-state index contributed by atoms with van der Waals surface area (Å²) in [5.74, 6) is -0.793. The van der Waals surface area contributed by atoms with E-state index in [0.29, 0.717) is 31.5 Å². The lowest BCUT2D eigenvalue weighted by molar-refractivity contribution is -0.134. The molecule has 1 atom stereocenters. The van der Waals surface area contributed by atoms with E-state index in [4.69, 9.17) is 5.73 Å². The number of nitrogens with zero attached hydrogens (tertiary/aromatic N) is 1. The highest BCUT2D eigenvalue weighted by molar-refractivity contribution is 5.98. The molecular weight excluding hydrogens is 301 g/mol. The molecule has 3 N–H and O–H groups in total. The lowest BCUT2D eigenvalue weighted by Crippen LogP contribution is -2.51. The van der Waals surface area contributed by atoms with Crippen LogP contribution in [0.3, 0.4) is 0 Å². The van der Waals surface area contributed by atoms with Gasteiger partial charge < -0.3 is 16.0 Å². The zero-order valence-corrected chi connectivity index (χ0v) is 12.9. The Morgan fingerprint density at radius 2 is 1.78 bits per heavy atom. The van der Waals surface area contributed by atoms with Gasteiger partial charge in [0.1, 0.15) is 11.9 Å². The van der Waals surface area contributed by atoms with E-state index in [-0.39, 0.29) is 23.4 Å². The van der Waals surface area contributed by atoms with Crippen LogP contribution in [0, 0.1) is 11.7 Å². The molecular formula is C16H20FN3O3. The molecule has 23 heavy (non-hydrogen) atoms. The van der Waals surface area contributed by atoms with Crippen LogP contribution in [-0.2, 0) is 4.79 Å². The van der Waals surface area contributed by atoms with Crippen LogP contribution >= 0.6 is 0 Å². The van der Waals surface area contributed by atoms with Gasteiger partial charge in [0.2, 0.25) is 5.91 Å². The van der Waals surface area contributed by atoms with Crippen molar-refractivity contribution >= 4 is 17.7 Å². The van der Waals surface area contributed by atoms with Crippen LogP contribution < -0.4 is 11.1 Å². The molecule has 124 valence electrons. The summed E-state index contributed by atoms with van der Waals surface area (Å²) in [6, 6.07) is 4.07. The first-order valence-electron chi connectivity index (χ1n) is 7.53. The van der Waals surface area contributed by atoms with Crippen LogP contribution in [0.25, 0.3) is 0 Å². The number of nitrogens with two attached hydrogens (primary N) is 1. The maximum absolute atomic E-state index is 12.9. The Bertz CT molecular complexity index is 595. The molecule has 0 unspecified atom stereocenters. The van der Waals surface area contributed by atoms with Gasteiger partial charge in [-0.1, -0.05) is 0 Å². The largest absolute Gasteiger partial charge is 0.352 e. The number of carbonyl (C=O) groups is 3. The Labute approximate surface area is 133 Å². The zero-order valence-electron chi connectivity index (χ0n) is 12.9. The number of piperidine rings is 1. The molecule has 1 fully saturated rings. The van der Waals surface area contributed by atoms with Gasteiger partial charge in [-0.05, 0) is 44.0 Å². The van der Waals surface area contributed by atoms with Crippen LogP contribution in [0.1, 0.15) is 30.1 Å². The van der Waals surface area contributed by atoms with Gasteiger partial charge >= 0.3 is 6.03 Å². The van der Waals surface area contributed by atoms with Crippen molar-refractivity contribution in [3.8, 4) is 0 Å². The van der Waals surface area contributed by atoms with Crippen molar-refractivity contribution in [1.82, 2.24) is 10.2 Å². The quantitative estimate of drug-likeness (QED) is 0.819. The third kappa shape index (κ3) is 4.28. The Balaban J connectivity index is 1.90. The topological polar surface area (TPSA) is 92.5 Å². The number of nitrogens with one attached hydrogen (secondary N) is 1. The van der Waals surface area contributed by atoms with Crippen LogP contribution in [0.15, 0.2) is 24.3 Å². The Morgan fingerprint density at radius 3 is 2.30 bits per heavy atom. The molecule has 0 saturated carbocycles. The standard InChI is InChI=1S/C16H20FN3O3/c1-10(19-16(18)23)15(22)20-8-6-12(7-9-20)14(21)11-2-4-13(17)5-3-11/h2-5,10,12H,6-9H2,1H3,(H3,18,19,23)/t10-/m0/s1. The molecule has 2 rings (SSSR count). The van der Waals surface area contributed by atoms with Crippen LogP contribution in [0.4, 0.5) is 9.18 Å². The van der Waals surface area contributed by atoms with Crippen LogP contribution in [0.2, 0.25) is 0 Å². The predicted molar refractivity (Wildman–Crippen MR) is 82.2 cm³/mol. The van der Waals surface area contributed by atoms with E-state index in [1.807, 2.05) is 0 Å². The van der Waals surface area contributed by atoms with E-state index in [1.54, 1.807) is 11.8 Å². The molecule has 1 aromatic carbocycles. The summed E-state index contributed by atoms with van der Waals surface area (Å²) in [6.45, 7) is 2.46. The first-order chi connectivity index (χ1) is 10.9. The molecule has 3 amide bonds. The number of ketones is 1. The van der Waals surface area contributed by atoms with Gasteiger partial charge in [0.25, 0.3) is 0 Å². The number of rotatable bonds is 4. The molecule has 1 aliphatic heterocycles. The van der Waals surface area contributed by atoms with E-state index in [2.05, 4.69) is 5.32 Å². The van der Waals surface area contributed by atoms with Crippen molar-refractivity contribution in [2.45, 2.75) is 25.8 Å². The van der Waals surface area contributed by atoms with Crippen molar-refractivity contribution in [3.63, 3.8) is 0 Å².